The van der Waals surface area contributed by atoms with Gasteiger partial charge in [-0.2, -0.15) is 8.42 Å². The fraction of sp³-hybridized carbons (Fsp3) is 0.500. The molecular weight excluding hydrogens is 224 g/mol. The molecule has 0 bridgehead atoms. The first kappa shape index (κ1) is 13.2. The lowest BCUT2D eigenvalue weighted by Gasteiger charge is -2.10. The van der Waals surface area contributed by atoms with Gasteiger partial charge in [0.05, 0.1) is 12.4 Å². The lowest BCUT2D eigenvalue weighted by atomic mass is 10.1. The Kier molecular flexibility index (Phi) is 4.96. The summed E-state index contributed by atoms with van der Waals surface area (Å²) in [6.45, 7) is 1.78. The molecule has 0 aliphatic carbocycles. The summed E-state index contributed by atoms with van der Waals surface area (Å²) in [5, 5.41) is 0. The minimum Gasteiger partial charge on any atom is -0.267 e. The molecule has 3 nitrogen and oxygen atoms in total. The lowest BCUT2D eigenvalue weighted by molar-refractivity contribution is 0.217. The molecular formula is C12H18O3S. The van der Waals surface area contributed by atoms with E-state index in [0.29, 0.717) is 0 Å². The summed E-state index contributed by atoms with van der Waals surface area (Å²) in [6.07, 6.45) is 3.49. The van der Waals surface area contributed by atoms with Crippen LogP contribution < -0.4 is 0 Å². The van der Waals surface area contributed by atoms with Gasteiger partial charge in [0.15, 0.2) is 0 Å². The van der Waals surface area contributed by atoms with Gasteiger partial charge in [-0.15, -0.1) is 0 Å². The Labute approximate surface area is 97.6 Å². The number of hydrogen-bond acceptors (Lipinski definition) is 3. The molecule has 1 atom stereocenters. The van der Waals surface area contributed by atoms with E-state index in [1.807, 2.05) is 18.2 Å². The number of hydrogen-bond donors (Lipinski definition) is 0. The summed E-state index contributed by atoms with van der Waals surface area (Å²) in [4.78, 5) is 0. The largest absolute Gasteiger partial charge is 0.267 e. The zero-order chi connectivity index (χ0) is 12.0. The van der Waals surface area contributed by atoms with Crippen molar-refractivity contribution in [2.45, 2.75) is 32.3 Å². The van der Waals surface area contributed by atoms with Crippen LogP contribution in [0.2, 0.25) is 0 Å². The van der Waals surface area contributed by atoms with Gasteiger partial charge in [-0.3, -0.25) is 4.18 Å². The van der Waals surface area contributed by atoms with E-state index in [1.54, 1.807) is 6.92 Å². The molecule has 0 saturated carbocycles. The summed E-state index contributed by atoms with van der Waals surface area (Å²) >= 11 is 0. The highest BCUT2D eigenvalue weighted by Gasteiger charge is 2.09. The van der Waals surface area contributed by atoms with Crippen LogP contribution in [-0.2, 0) is 20.7 Å². The molecule has 0 amide bonds. The third kappa shape index (κ3) is 5.88. The summed E-state index contributed by atoms with van der Waals surface area (Å²) in [5.41, 5.74) is 1.27. The van der Waals surface area contributed by atoms with Gasteiger partial charge in [0.25, 0.3) is 10.1 Å². The maximum atomic E-state index is 10.9. The molecule has 0 N–H and O–H groups in total. The number of aryl methyl sites for hydroxylation is 1. The van der Waals surface area contributed by atoms with Crippen LogP contribution in [0.4, 0.5) is 0 Å². The third-order valence-corrected chi connectivity index (χ3v) is 2.94. The second-order valence-electron chi connectivity index (χ2n) is 3.99. The van der Waals surface area contributed by atoms with Crippen molar-refractivity contribution in [1.29, 1.82) is 0 Å². The van der Waals surface area contributed by atoms with Crippen LogP contribution in [0.15, 0.2) is 30.3 Å². The first-order valence-corrected chi connectivity index (χ1v) is 7.21. The van der Waals surface area contributed by atoms with E-state index in [0.717, 1.165) is 25.5 Å². The lowest BCUT2D eigenvalue weighted by Crippen LogP contribution is -2.14. The molecule has 0 aromatic heterocycles. The fourth-order valence-electron chi connectivity index (χ4n) is 1.58. The Morgan fingerprint density at radius 2 is 1.88 bits per heavy atom. The average Bonchev–Trinajstić information content (AvgIpc) is 2.16. The van der Waals surface area contributed by atoms with E-state index >= 15 is 0 Å². The van der Waals surface area contributed by atoms with Crippen LogP contribution in [-0.4, -0.2) is 20.8 Å². The number of rotatable bonds is 6. The summed E-state index contributed by atoms with van der Waals surface area (Å²) in [5.74, 6) is 0. The van der Waals surface area contributed by atoms with E-state index in [2.05, 4.69) is 12.1 Å². The van der Waals surface area contributed by atoms with Crippen molar-refractivity contribution in [2.75, 3.05) is 6.26 Å². The van der Waals surface area contributed by atoms with Gasteiger partial charge in [-0.1, -0.05) is 30.3 Å². The molecule has 1 aromatic carbocycles. The van der Waals surface area contributed by atoms with Crippen LogP contribution in [0.1, 0.15) is 25.3 Å². The van der Waals surface area contributed by atoms with E-state index in [-0.39, 0.29) is 6.10 Å². The van der Waals surface area contributed by atoms with Crippen LogP contribution in [0.5, 0.6) is 0 Å². The molecule has 0 aliphatic heterocycles. The van der Waals surface area contributed by atoms with E-state index < -0.39 is 10.1 Å². The second-order valence-corrected chi connectivity index (χ2v) is 5.59. The predicted molar refractivity (Wildman–Crippen MR) is 64.8 cm³/mol. The van der Waals surface area contributed by atoms with E-state index in [1.165, 1.54) is 5.56 Å². The monoisotopic (exact) mass is 242 g/mol. The Morgan fingerprint density at radius 1 is 1.25 bits per heavy atom. The molecule has 1 unspecified atom stereocenters. The van der Waals surface area contributed by atoms with Crippen LogP contribution in [0.3, 0.4) is 0 Å². The van der Waals surface area contributed by atoms with Crippen LogP contribution >= 0.6 is 0 Å². The van der Waals surface area contributed by atoms with Gasteiger partial charge in [0.2, 0.25) is 0 Å². The topological polar surface area (TPSA) is 43.4 Å². The first-order chi connectivity index (χ1) is 7.47. The van der Waals surface area contributed by atoms with Gasteiger partial charge in [-0.25, -0.2) is 0 Å². The standard InChI is InChI=1S/C12H18O3S/c1-11(15-16(2,13)14)7-6-10-12-8-4-3-5-9-12/h3-5,8-9,11H,6-7,10H2,1-2H3. The minimum absolute atomic E-state index is 0.237. The van der Waals surface area contributed by atoms with Gasteiger partial charge in [0, 0.05) is 0 Å². The van der Waals surface area contributed by atoms with Crippen LogP contribution in [0, 0.1) is 0 Å². The highest BCUT2D eigenvalue weighted by molar-refractivity contribution is 7.86. The van der Waals surface area contributed by atoms with Crippen molar-refractivity contribution in [3.05, 3.63) is 35.9 Å². The molecule has 1 rings (SSSR count). The first-order valence-electron chi connectivity index (χ1n) is 5.39. The SMILES string of the molecule is CC(CCCc1ccccc1)OS(C)(=O)=O. The maximum Gasteiger partial charge on any atom is 0.264 e. The molecule has 0 heterocycles. The average molecular weight is 242 g/mol. The zero-order valence-corrected chi connectivity index (χ0v) is 10.5. The highest BCUT2D eigenvalue weighted by Crippen LogP contribution is 2.09. The molecule has 90 valence electrons. The van der Waals surface area contributed by atoms with Crippen molar-refractivity contribution in [3.8, 4) is 0 Å². The second kappa shape index (κ2) is 6.01. The third-order valence-electron chi connectivity index (χ3n) is 2.26. The maximum absolute atomic E-state index is 10.9. The molecule has 4 heteroatoms. The smallest absolute Gasteiger partial charge is 0.264 e. The number of benzene rings is 1. The molecule has 16 heavy (non-hydrogen) atoms. The van der Waals surface area contributed by atoms with Gasteiger partial charge < -0.3 is 0 Å². The van der Waals surface area contributed by atoms with Gasteiger partial charge >= 0.3 is 0 Å². The quantitative estimate of drug-likeness (QED) is 0.719. The Hall–Kier alpha value is -0.870. The molecule has 0 fully saturated rings. The summed E-state index contributed by atoms with van der Waals surface area (Å²) < 4.78 is 26.6. The van der Waals surface area contributed by atoms with E-state index in [9.17, 15) is 8.42 Å². The molecule has 1 aromatic rings. The normalized spacial score (nSPS) is 13.6. The van der Waals surface area contributed by atoms with Crippen LogP contribution in [0.25, 0.3) is 0 Å². The minimum atomic E-state index is -3.32. The van der Waals surface area contributed by atoms with E-state index in [4.69, 9.17) is 4.18 Å². The predicted octanol–water partition coefficient (Wildman–Crippen LogP) is 2.37. The van der Waals surface area contributed by atoms with Crippen molar-refractivity contribution in [1.82, 2.24) is 0 Å². The Morgan fingerprint density at radius 3 is 2.44 bits per heavy atom. The van der Waals surface area contributed by atoms with Gasteiger partial charge in [0.1, 0.15) is 0 Å². The molecule has 0 radical (unpaired) electrons. The van der Waals surface area contributed by atoms with Crippen molar-refractivity contribution >= 4 is 10.1 Å². The van der Waals surface area contributed by atoms with Crippen molar-refractivity contribution < 1.29 is 12.6 Å². The molecule has 0 spiro atoms. The molecule has 0 saturated heterocycles. The Balaban J connectivity index is 2.26. The Bertz CT molecular complexity index is 398. The van der Waals surface area contributed by atoms with Crippen molar-refractivity contribution in [2.24, 2.45) is 0 Å². The van der Waals surface area contributed by atoms with Gasteiger partial charge in [-0.05, 0) is 31.7 Å². The highest BCUT2D eigenvalue weighted by atomic mass is 32.2. The fourth-order valence-corrected chi connectivity index (χ4v) is 2.28. The summed E-state index contributed by atoms with van der Waals surface area (Å²) in [6, 6.07) is 10.1. The molecule has 0 aliphatic rings. The summed E-state index contributed by atoms with van der Waals surface area (Å²) in [7, 11) is -3.32. The zero-order valence-electron chi connectivity index (χ0n) is 9.72. The van der Waals surface area contributed by atoms with Crippen molar-refractivity contribution in [3.63, 3.8) is 0 Å².